The molecular formula is C10H21NO5S2. The fraction of sp³-hybridized carbons (Fsp3) is 1.00. The van der Waals surface area contributed by atoms with Gasteiger partial charge < -0.3 is 5.11 Å². The van der Waals surface area contributed by atoms with E-state index < -0.39 is 31.2 Å². The number of aliphatic hydroxyl groups excluding tert-OH is 1. The fourth-order valence-electron chi connectivity index (χ4n) is 2.12. The molecule has 2 atom stereocenters. The lowest BCUT2D eigenvalue weighted by Gasteiger charge is -2.24. The van der Waals surface area contributed by atoms with Crippen molar-refractivity contribution in [1.82, 2.24) is 4.72 Å². The van der Waals surface area contributed by atoms with Crippen LogP contribution in [0.5, 0.6) is 0 Å². The Morgan fingerprint density at radius 1 is 1.28 bits per heavy atom. The maximum atomic E-state index is 12.0. The molecule has 1 aliphatic rings. The molecule has 18 heavy (non-hydrogen) atoms. The lowest BCUT2D eigenvalue weighted by atomic mass is 10.2. The molecule has 0 aromatic rings. The van der Waals surface area contributed by atoms with E-state index in [2.05, 4.69) is 4.72 Å². The molecule has 1 saturated heterocycles. The van der Waals surface area contributed by atoms with E-state index in [4.69, 9.17) is 0 Å². The highest BCUT2D eigenvalue weighted by Crippen LogP contribution is 2.19. The minimum atomic E-state index is -3.50. The van der Waals surface area contributed by atoms with E-state index in [1.807, 2.05) is 0 Å². The summed E-state index contributed by atoms with van der Waals surface area (Å²) in [7, 11) is -6.56. The standard InChI is InChI=1S/C10H21NO5S2/c1-8(7-9(2)12)11-18(15,16)10-3-5-17(13,14)6-4-10/h8-12H,3-7H2,1-2H3. The minimum Gasteiger partial charge on any atom is -0.393 e. The zero-order chi connectivity index (χ0) is 14.0. The van der Waals surface area contributed by atoms with Crippen LogP contribution in [0.15, 0.2) is 0 Å². The van der Waals surface area contributed by atoms with Gasteiger partial charge in [-0.05, 0) is 33.1 Å². The van der Waals surface area contributed by atoms with Crippen LogP contribution in [0.2, 0.25) is 0 Å². The number of hydrogen-bond donors (Lipinski definition) is 2. The number of sulfone groups is 1. The second kappa shape index (κ2) is 5.85. The molecule has 0 saturated carbocycles. The second-order valence-electron chi connectivity index (χ2n) is 5.00. The molecule has 1 rings (SSSR count). The van der Waals surface area contributed by atoms with Crippen molar-refractivity contribution in [2.24, 2.45) is 0 Å². The summed E-state index contributed by atoms with van der Waals surface area (Å²) in [6.45, 7) is 3.28. The summed E-state index contributed by atoms with van der Waals surface area (Å²) in [6.07, 6.45) is 0.0667. The van der Waals surface area contributed by atoms with Crippen LogP contribution in [0.3, 0.4) is 0 Å². The molecule has 2 N–H and O–H groups in total. The van der Waals surface area contributed by atoms with Gasteiger partial charge in [-0.1, -0.05) is 0 Å². The Bertz CT molecular complexity index is 454. The van der Waals surface area contributed by atoms with E-state index in [-0.39, 0.29) is 30.4 Å². The van der Waals surface area contributed by atoms with Crippen LogP contribution in [0.1, 0.15) is 33.1 Å². The zero-order valence-corrected chi connectivity index (χ0v) is 12.3. The van der Waals surface area contributed by atoms with Gasteiger partial charge in [0.25, 0.3) is 0 Å². The van der Waals surface area contributed by atoms with Crippen LogP contribution in [-0.2, 0) is 19.9 Å². The highest BCUT2D eigenvalue weighted by molar-refractivity contribution is 7.92. The average Bonchev–Trinajstić information content (AvgIpc) is 2.13. The van der Waals surface area contributed by atoms with E-state index in [0.717, 1.165) is 0 Å². The number of sulfonamides is 1. The fourth-order valence-corrected chi connectivity index (χ4v) is 5.61. The van der Waals surface area contributed by atoms with Crippen LogP contribution >= 0.6 is 0 Å². The summed E-state index contributed by atoms with van der Waals surface area (Å²) in [6, 6.07) is -0.353. The van der Waals surface area contributed by atoms with E-state index >= 15 is 0 Å². The molecule has 6 nitrogen and oxygen atoms in total. The molecule has 0 aromatic carbocycles. The van der Waals surface area contributed by atoms with Crippen molar-refractivity contribution in [1.29, 1.82) is 0 Å². The van der Waals surface area contributed by atoms with Crippen molar-refractivity contribution >= 4 is 19.9 Å². The number of nitrogens with one attached hydrogen (secondary N) is 1. The molecule has 1 fully saturated rings. The molecule has 0 aliphatic carbocycles. The van der Waals surface area contributed by atoms with Gasteiger partial charge in [-0.15, -0.1) is 0 Å². The molecule has 8 heteroatoms. The third kappa shape index (κ3) is 4.83. The van der Waals surface area contributed by atoms with Crippen molar-refractivity contribution in [2.45, 2.75) is 50.5 Å². The van der Waals surface area contributed by atoms with E-state index in [1.165, 1.54) is 0 Å². The van der Waals surface area contributed by atoms with E-state index in [9.17, 15) is 21.9 Å². The molecular weight excluding hydrogens is 278 g/mol. The maximum Gasteiger partial charge on any atom is 0.214 e. The van der Waals surface area contributed by atoms with Crippen LogP contribution in [0.4, 0.5) is 0 Å². The summed E-state index contributed by atoms with van der Waals surface area (Å²) >= 11 is 0. The van der Waals surface area contributed by atoms with Gasteiger partial charge >= 0.3 is 0 Å². The van der Waals surface area contributed by atoms with Gasteiger partial charge in [-0.2, -0.15) is 0 Å². The summed E-state index contributed by atoms with van der Waals surface area (Å²) < 4.78 is 49.0. The maximum absolute atomic E-state index is 12.0. The largest absolute Gasteiger partial charge is 0.393 e. The Balaban J connectivity index is 2.60. The van der Waals surface area contributed by atoms with Crippen LogP contribution in [0.25, 0.3) is 0 Å². The molecule has 0 spiro atoms. The van der Waals surface area contributed by atoms with Crippen molar-refractivity contribution in [2.75, 3.05) is 11.5 Å². The molecule has 0 radical (unpaired) electrons. The van der Waals surface area contributed by atoms with Crippen molar-refractivity contribution in [3.05, 3.63) is 0 Å². The minimum absolute atomic E-state index is 0.0661. The highest BCUT2D eigenvalue weighted by atomic mass is 32.2. The van der Waals surface area contributed by atoms with Gasteiger partial charge in [0.15, 0.2) is 0 Å². The van der Waals surface area contributed by atoms with Crippen LogP contribution < -0.4 is 4.72 Å². The highest BCUT2D eigenvalue weighted by Gasteiger charge is 2.33. The molecule has 2 unspecified atom stereocenters. The van der Waals surface area contributed by atoms with E-state index in [1.54, 1.807) is 13.8 Å². The van der Waals surface area contributed by atoms with Gasteiger partial charge in [0.05, 0.1) is 22.9 Å². The number of aliphatic hydroxyl groups is 1. The number of rotatable bonds is 5. The van der Waals surface area contributed by atoms with Crippen molar-refractivity contribution in [3.63, 3.8) is 0 Å². The van der Waals surface area contributed by atoms with Gasteiger partial charge in [-0.3, -0.25) is 0 Å². The predicted molar refractivity (Wildman–Crippen MR) is 69.5 cm³/mol. The third-order valence-corrected chi connectivity index (χ3v) is 6.80. The van der Waals surface area contributed by atoms with Gasteiger partial charge in [0, 0.05) is 6.04 Å². The Kier molecular flexibility index (Phi) is 5.16. The quantitative estimate of drug-likeness (QED) is 0.722. The van der Waals surface area contributed by atoms with Gasteiger partial charge in [-0.25, -0.2) is 21.6 Å². The molecule has 1 heterocycles. The number of hydrogen-bond acceptors (Lipinski definition) is 5. The lowest BCUT2D eigenvalue weighted by Crippen LogP contribution is -2.43. The van der Waals surface area contributed by atoms with E-state index in [0.29, 0.717) is 6.42 Å². The first-order valence-electron chi connectivity index (χ1n) is 6.02. The SMILES string of the molecule is CC(O)CC(C)NS(=O)(=O)C1CCS(=O)(=O)CC1. The van der Waals surface area contributed by atoms with Crippen LogP contribution in [-0.4, -0.2) is 50.8 Å². The predicted octanol–water partition coefficient (Wildman–Crippen LogP) is -0.358. The van der Waals surface area contributed by atoms with Crippen molar-refractivity contribution < 1.29 is 21.9 Å². The molecule has 0 amide bonds. The molecule has 0 bridgehead atoms. The smallest absolute Gasteiger partial charge is 0.214 e. The Morgan fingerprint density at radius 3 is 2.22 bits per heavy atom. The summed E-state index contributed by atoms with van der Waals surface area (Å²) in [5.74, 6) is -0.132. The topological polar surface area (TPSA) is 101 Å². The average molecular weight is 299 g/mol. The zero-order valence-electron chi connectivity index (χ0n) is 10.7. The van der Waals surface area contributed by atoms with Crippen molar-refractivity contribution in [3.8, 4) is 0 Å². The van der Waals surface area contributed by atoms with Gasteiger partial charge in [0.2, 0.25) is 10.0 Å². The lowest BCUT2D eigenvalue weighted by molar-refractivity contribution is 0.175. The van der Waals surface area contributed by atoms with Crippen LogP contribution in [0, 0.1) is 0 Å². The summed E-state index contributed by atoms with van der Waals surface area (Å²) in [5, 5.41) is 8.54. The Labute approximate surface area is 109 Å². The molecule has 0 aromatic heterocycles. The monoisotopic (exact) mass is 299 g/mol. The third-order valence-electron chi connectivity index (χ3n) is 3.00. The first kappa shape index (κ1) is 15.9. The normalized spacial score (nSPS) is 24.6. The Morgan fingerprint density at radius 2 is 1.78 bits per heavy atom. The first-order valence-corrected chi connectivity index (χ1v) is 9.39. The molecule has 108 valence electrons. The van der Waals surface area contributed by atoms with Gasteiger partial charge in [0.1, 0.15) is 9.84 Å². The molecule has 1 aliphatic heterocycles. The first-order chi connectivity index (χ1) is 8.12. The Hall–Kier alpha value is -0.180. The summed E-state index contributed by atoms with van der Waals surface area (Å²) in [5.41, 5.74) is 0. The summed E-state index contributed by atoms with van der Waals surface area (Å²) in [4.78, 5) is 0. The second-order valence-corrected chi connectivity index (χ2v) is 9.30.